The molecule has 1 saturated heterocycles. The molecule has 0 spiro atoms. The topological polar surface area (TPSA) is 133 Å². The molecule has 1 N–H and O–H groups in total. The van der Waals surface area contributed by atoms with Crippen LogP contribution in [0.25, 0.3) is 0 Å². The molecule has 12 heteroatoms. The Balaban J connectivity index is 1.36. The predicted octanol–water partition coefficient (Wildman–Crippen LogP) is 3.08. The molecule has 9 nitrogen and oxygen atoms in total. The second-order valence-corrected chi connectivity index (χ2v) is 12.2. The van der Waals surface area contributed by atoms with Gasteiger partial charge in [0.15, 0.2) is 0 Å². The Morgan fingerprint density at radius 2 is 1.76 bits per heavy atom. The highest BCUT2D eigenvalue weighted by Gasteiger charge is 2.70. The third-order valence-electron chi connectivity index (χ3n) is 6.55. The van der Waals surface area contributed by atoms with Crippen molar-refractivity contribution in [2.75, 3.05) is 0 Å². The smallest absolute Gasteiger partial charge is 0.339 e. The van der Waals surface area contributed by atoms with Gasteiger partial charge in [0.1, 0.15) is 18.0 Å². The molecule has 0 radical (unpaired) electrons. The van der Waals surface area contributed by atoms with Crippen molar-refractivity contribution in [1.29, 1.82) is 0 Å². The van der Waals surface area contributed by atoms with E-state index < -0.39 is 58.0 Å². The Morgan fingerprint density at radius 1 is 1.06 bits per heavy atom. The summed E-state index contributed by atoms with van der Waals surface area (Å²) in [5, 5.41) is 0. The van der Waals surface area contributed by atoms with Gasteiger partial charge >= 0.3 is 17.9 Å². The number of ether oxygens (including phenoxy) is 3. The maximum Gasteiger partial charge on any atom is 0.339 e. The van der Waals surface area contributed by atoms with Crippen LogP contribution in [0.5, 0.6) is 5.75 Å². The SMILES string of the molecule is O=C(OC1C2CC3C1OC(=O)C3C2C(=O)Oc1ccc(S(=O)(=O)O)cc1)c1ccc(I)cc1I. The highest BCUT2D eigenvalue weighted by atomic mass is 127. The number of benzene rings is 2. The summed E-state index contributed by atoms with van der Waals surface area (Å²) in [5.74, 6) is -3.90. The van der Waals surface area contributed by atoms with Crippen molar-refractivity contribution in [3.63, 3.8) is 0 Å². The van der Waals surface area contributed by atoms with Crippen LogP contribution in [0.4, 0.5) is 0 Å². The van der Waals surface area contributed by atoms with Gasteiger partial charge in [-0.15, -0.1) is 0 Å². The Hall–Kier alpha value is -1.78. The van der Waals surface area contributed by atoms with Crippen LogP contribution in [-0.4, -0.2) is 43.1 Å². The van der Waals surface area contributed by atoms with Gasteiger partial charge in [-0.2, -0.15) is 8.42 Å². The summed E-state index contributed by atoms with van der Waals surface area (Å²) in [6.45, 7) is 0. The van der Waals surface area contributed by atoms with Gasteiger partial charge in [-0.1, -0.05) is 0 Å². The highest BCUT2D eigenvalue weighted by Crippen LogP contribution is 2.59. The molecule has 2 saturated carbocycles. The minimum Gasteiger partial charge on any atom is -0.458 e. The zero-order valence-corrected chi connectivity index (χ0v) is 22.2. The lowest BCUT2D eigenvalue weighted by molar-refractivity contribution is -0.149. The fourth-order valence-corrected chi connectivity index (χ4v) is 7.48. The van der Waals surface area contributed by atoms with Crippen molar-refractivity contribution in [3.8, 4) is 5.75 Å². The number of hydrogen-bond donors (Lipinski definition) is 1. The molecule has 178 valence electrons. The van der Waals surface area contributed by atoms with Gasteiger partial charge in [0.05, 0.1) is 22.3 Å². The van der Waals surface area contributed by atoms with Crippen LogP contribution >= 0.6 is 45.2 Å². The Bertz CT molecular complexity index is 1310. The van der Waals surface area contributed by atoms with E-state index in [2.05, 4.69) is 45.2 Å². The number of hydrogen-bond acceptors (Lipinski definition) is 8. The molecule has 5 rings (SSSR count). The quantitative estimate of drug-likeness (QED) is 0.215. The van der Waals surface area contributed by atoms with Crippen LogP contribution < -0.4 is 4.74 Å². The van der Waals surface area contributed by atoms with Crippen molar-refractivity contribution in [2.45, 2.75) is 23.5 Å². The van der Waals surface area contributed by atoms with E-state index in [1.165, 1.54) is 12.1 Å². The lowest BCUT2D eigenvalue weighted by atomic mass is 9.78. The maximum absolute atomic E-state index is 13.1. The lowest BCUT2D eigenvalue weighted by Crippen LogP contribution is -2.44. The van der Waals surface area contributed by atoms with Gasteiger partial charge in [0.2, 0.25) is 0 Å². The van der Waals surface area contributed by atoms with Crippen LogP contribution in [0, 0.1) is 30.8 Å². The van der Waals surface area contributed by atoms with Crippen molar-refractivity contribution >= 4 is 73.2 Å². The number of rotatable bonds is 5. The van der Waals surface area contributed by atoms with E-state index in [0.29, 0.717) is 12.0 Å². The van der Waals surface area contributed by atoms with Gasteiger partial charge in [0, 0.05) is 19.0 Å². The number of esters is 3. The van der Waals surface area contributed by atoms with E-state index in [4.69, 9.17) is 18.8 Å². The number of fused-ring (bicyclic) bond motifs is 1. The molecule has 0 aromatic heterocycles. The maximum atomic E-state index is 13.1. The van der Waals surface area contributed by atoms with Crippen LogP contribution in [0.3, 0.4) is 0 Å². The third-order valence-corrected chi connectivity index (χ3v) is 8.98. The fourth-order valence-electron chi connectivity index (χ4n) is 5.17. The van der Waals surface area contributed by atoms with E-state index in [1.54, 1.807) is 12.1 Å². The van der Waals surface area contributed by atoms with Crippen LogP contribution in [0.2, 0.25) is 0 Å². The van der Waals surface area contributed by atoms with Crippen molar-refractivity contribution in [2.24, 2.45) is 23.7 Å². The summed E-state index contributed by atoms with van der Waals surface area (Å²) < 4.78 is 49.9. The van der Waals surface area contributed by atoms with Crippen molar-refractivity contribution in [1.82, 2.24) is 0 Å². The van der Waals surface area contributed by atoms with Gasteiger partial charge in [-0.3, -0.25) is 14.1 Å². The standard InChI is InChI=1S/C22H16I2O9S/c23-9-1-6-12(15(24)7-9)20(25)32-18-13-8-14-17(22(27)33-19(14)18)16(13)21(26)31-10-2-4-11(5-3-10)34(28,29)30/h1-7,13-14,16-19H,8H2,(H,28,29,30). The Labute approximate surface area is 221 Å². The average Bonchev–Trinajstić information content (AvgIpc) is 3.37. The summed E-state index contributed by atoms with van der Waals surface area (Å²) in [6.07, 6.45) is -0.870. The molecular formula is C22H16I2O9S. The van der Waals surface area contributed by atoms with Crippen molar-refractivity contribution in [3.05, 3.63) is 55.2 Å². The van der Waals surface area contributed by atoms with Crippen LogP contribution in [0.15, 0.2) is 47.4 Å². The minimum absolute atomic E-state index is 0.0603. The first-order valence-electron chi connectivity index (χ1n) is 10.2. The van der Waals surface area contributed by atoms with E-state index >= 15 is 0 Å². The molecule has 6 unspecified atom stereocenters. The molecule has 1 heterocycles. The highest BCUT2D eigenvalue weighted by molar-refractivity contribution is 14.1. The second kappa shape index (κ2) is 8.71. The van der Waals surface area contributed by atoms with Gasteiger partial charge in [0.25, 0.3) is 10.1 Å². The number of carbonyl (C=O) groups excluding carboxylic acids is 3. The molecule has 3 fully saturated rings. The molecule has 2 bridgehead atoms. The van der Waals surface area contributed by atoms with Gasteiger partial charge < -0.3 is 14.2 Å². The first-order valence-corrected chi connectivity index (χ1v) is 13.8. The zero-order chi connectivity index (χ0) is 24.4. The number of carbonyl (C=O) groups is 3. The minimum atomic E-state index is -4.38. The molecule has 2 aromatic carbocycles. The Morgan fingerprint density at radius 3 is 2.41 bits per heavy atom. The molecule has 6 atom stereocenters. The van der Waals surface area contributed by atoms with Crippen LogP contribution in [-0.2, 0) is 29.2 Å². The molecule has 2 aliphatic carbocycles. The number of halogens is 2. The summed E-state index contributed by atoms with van der Waals surface area (Å²) in [5.41, 5.74) is 0.391. The zero-order valence-electron chi connectivity index (χ0n) is 17.1. The normalized spacial score (nSPS) is 29.1. The first-order chi connectivity index (χ1) is 16.0. The molecular weight excluding hydrogens is 694 g/mol. The molecule has 3 aliphatic rings. The molecule has 1 aliphatic heterocycles. The van der Waals surface area contributed by atoms with E-state index in [1.807, 2.05) is 6.07 Å². The second-order valence-electron chi connectivity index (χ2n) is 8.38. The summed E-state index contributed by atoms with van der Waals surface area (Å²) in [6, 6.07) is 9.99. The predicted molar refractivity (Wildman–Crippen MR) is 131 cm³/mol. The first kappa shape index (κ1) is 23.9. The lowest BCUT2D eigenvalue weighted by Gasteiger charge is -2.30. The van der Waals surface area contributed by atoms with Crippen LogP contribution in [0.1, 0.15) is 16.8 Å². The molecule has 0 amide bonds. The largest absolute Gasteiger partial charge is 0.458 e. The van der Waals surface area contributed by atoms with E-state index in [-0.39, 0.29) is 16.6 Å². The summed E-state index contributed by atoms with van der Waals surface area (Å²) in [7, 11) is -4.38. The van der Waals surface area contributed by atoms with E-state index in [0.717, 1.165) is 19.3 Å². The summed E-state index contributed by atoms with van der Waals surface area (Å²) >= 11 is 4.20. The van der Waals surface area contributed by atoms with Crippen molar-refractivity contribution < 1.29 is 41.6 Å². The fraction of sp³-hybridized carbons (Fsp3) is 0.318. The molecule has 34 heavy (non-hydrogen) atoms. The Kier molecular flexibility index (Phi) is 6.13. The monoisotopic (exact) mass is 710 g/mol. The van der Waals surface area contributed by atoms with E-state index in [9.17, 15) is 22.8 Å². The molecule has 2 aromatic rings. The van der Waals surface area contributed by atoms with Gasteiger partial charge in [-0.05, 0) is 94.1 Å². The van der Waals surface area contributed by atoms with Gasteiger partial charge in [-0.25, -0.2) is 4.79 Å². The summed E-state index contributed by atoms with van der Waals surface area (Å²) in [4.78, 5) is 38.2. The third kappa shape index (κ3) is 4.11. The average molecular weight is 710 g/mol.